The van der Waals surface area contributed by atoms with Crippen molar-refractivity contribution in [1.82, 2.24) is 4.72 Å². The van der Waals surface area contributed by atoms with Crippen molar-refractivity contribution < 1.29 is 13.2 Å². The van der Waals surface area contributed by atoms with Crippen LogP contribution in [0.1, 0.15) is 0 Å². The standard InChI is InChI=1S/C16H13Br2NO3S/c17-13-6-8-16(9-7-13)23(20,21)19-10-1-2-11-22-15-5-3-4-14(18)12-15/h3-9,12,19H,10-11H2. The predicted molar refractivity (Wildman–Crippen MR) is 96.7 cm³/mol. The lowest BCUT2D eigenvalue weighted by atomic mass is 10.3. The lowest BCUT2D eigenvalue weighted by molar-refractivity contribution is 0.370. The van der Waals surface area contributed by atoms with E-state index in [1.807, 2.05) is 24.3 Å². The molecule has 0 atom stereocenters. The maximum Gasteiger partial charge on any atom is 0.241 e. The Hall–Kier alpha value is -1.33. The average molecular weight is 459 g/mol. The minimum atomic E-state index is -3.54. The fraction of sp³-hybridized carbons (Fsp3) is 0.125. The van der Waals surface area contributed by atoms with Crippen LogP contribution in [0.3, 0.4) is 0 Å². The summed E-state index contributed by atoms with van der Waals surface area (Å²) in [7, 11) is -3.54. The number of hydrogen-bond acceptors (Lipinski definition) is 3. The molecule has 7 heteroatoms. The van der Waals surface area contributed by atoms with Gasteiger partial charge in [-0.1, -0.05) is 49.8 Å². The van der Waals surface area contributed by atoms with Gasteiger partial charge in [-0.3, -0.25) is 0 Å². The van der Waals surface area contributed by atoms with Gasteiger partial charge < -0.3 is 4.74 Å². The number of benzene rings is 2. The summed E-state index contributed by atoms with van der Waals surface area (Å²) in [6, 6.07) is 13.8. The van der Waals surface area contributed by atoms with Crippen LogP contribution in [0.5, 0.6) is 5.75 Å². The first-order chi connectivity index (χ1) is 11.0. The van der Waals surface area contributed by atoms with Crippen molar-refractivity contribution >= 4 is 41.9 Å². The molecule has 4 nitrogen and oxygen atoms in total. The minimum Gasteiger partial charge on any atom is -0.481 e. The van der Waals surface area contributed by atoms with Gasteiger partial charge in [0, 0.05) is 8.95 Å². The third kappa shape index (κ3) is 5.99. The van der Waals surface area contributed by atoms with Crippen molar-refractivity contribution in [2.75, 3.05) is 13.2 Å². The van der Waals surface area contributed by atoms with Crippen molar-refractivity contribution in [2.24, 2.45) is 0 Å². The number of rotatable bonds is 5. The van der Waals surface area contributed by atoms with Gasteiger partial charge in [-0.15, -0.1) is 0 Å². The van der Waals surface area contributed by atoms with Gasteiger partial charge in [-0.25, -0.2) is 8.42 Å². The highest BCUT2D eigenvalue weighted by Crippen LogP contribution is 2.17. The summed E-state index contributed by atoms with van der Waals surface area (Å²) < 4.78 is 33.6. The summed E-state index contributed by atoms with van der Waals surface area (Å²) >= 11 is 6.61. The Balaban J connectivity index is 1.82. The van der Waals surface area contributed by atoms with Crippen LogP contribution in [-0.4, -0.2) is 21.6 Å². The van der Waals surface area contributed by atoms with Gasteiger partial charge in [0.2, 0.25) is 10.0 Å². The Bertz CT molecular complexity index is 824. The third-order valence-corrected chi connectivity index (χ3v) is 5.15. The van der Waals surface area contributed by atoms with Crippen molar-refractivity contribution in [3.63, 3.8) is 0 Å². The third-order valence-electron chi connectivity index (χ3n) is 2.71. The largest absolute Gasteiger partial charge is 0.481 e. The summed E-state index contributed by atoms with van der Waals surface area (Å²) in [5, 5.41) is 0. The van der Waals surface area contributed by atoms with Gasteiger partial charge in [-0.05, 0) is 42.5 Å². The van der Waals surface area contributed by atoms with E-state index < -0.39 is 10.0 Å². The lowest BCUT2D eigenvalue weighted by Crippen LogP contribution is -2.24. The zero-order valence-electron chi connectivity index (χ0n) is 11.9. The molecule has 0 radical (unpaired) electrons. The molecule has 120 valence electrons. The molecule has 0 spiro atoms. The molecule has 2 aromatic carbocycles. The summed E-state index contributed by atoms with van der Waals surface area (Å²) in [5.41, 5.74) is 0. The maximum atomic E-state index is 12.0. The molecule has 0 aliphatic rings. The highest BCUT2D eigenvalue weighted by Gasteiger charge is 2.11. The van der Waals surface area contributed by atoms with Crippen LogP contribution >= 0.6 is 31.9 Å². The van der Waals surface area contributed by atoms with Crippen LogP contribution in [0.4, 0.5) is 0 Å². The number of hydrogen-bond donors (Lipinski definition) is 1. The lowest BCUT2D eigenvalue weighted by Gasteiger charge is -2.03. The van der Waals surface area contributed by atoms with Crippen LogP contribution < -0.4 is 9.46 Å². The Morgan fingerprint density at radius 3 is 2.43 bits per heavy atom. The first kappa shape index (κ1) is 18.0. The van der Waals surface area contributed by atoms with Gasteiger partial charge >= 0.3 is 0 Å². The van der Waals surface area contributed by atoms with Crippen LogP contribution in [0.2, 0.25) is 0 Å². The number of halogens is 2. The Morgan fingerprint density at radius 2 is 1.74 bits per heavy atom. The molecule has 0 aliphatic carbocycles. The van der Waals surface area contributed by atoms with E-state index in [9.17, 15) is 8.42 Å². The molecule has 0 amide bonds. The topological polar surface area (TPSA) is 55.4 Å². The molecule has 0 heterocycles. The van der Waals surface area contributed by atoms with E-state index in [1.165, 1.54) is 12.1 Å². The smallest absolute Gasteiger partial charge is 0.241 e. The van der Waals surface area contributed by atoms with Gasteiger partial charge in [0.1, 0.15) is 12.4 Å². The first-order valence-corrected chi connectivity index (χ1v) is 9.63. The molecule has 0 aliphatic heterocycles. The molecule has 0 aromatic heterocycles. The molecule has 2 aromatic rings. The Morgan fingerprint density at radius 1 is 1.00 bits per heavy atom. The number of ether oxygens (including phenoxy) is 1. The molecule has 1 N–H and O–H groups in total. The van der Waals surface area contributed by atoms with Crippen molar-refractivity contribution in [3.05, 3.63) is 57.5 Å². The molecular formula is C16H13Br2NO3S. The highest BCUT2D eigenvalue weighted by molar-refractivity contribution is 9.10. The summed E-state index contributed by atoms with van der Waals surface area (Å²) in [5.74, 6) is 6.18. The summed E-state index contributed by atoms with van der Waals surface area (Å²) in [6.45, 7) is 0.219. The monoisotopic (exact) mass is 457 g/mol. The molecule has 0 saturated carbocycles. The fourth-order valence-corrected chi connectivity index (χ4v) is 3.18. The van der Waals surface area contributed by atoms with Crippen LogP contribution in [0, 0.1) is 11.8 Å². The van der Waals surface area contributed by atoms with E-state index in [0.717, 1.165) is 8.95 Å². The molecule has 23 heavy (non-hydrogen) atoms. The second kappa shape index (κ2) is 8.50. The van der Waals surface area contributed by atoms with E-state index in [2.05, 4.69) is 48.4 Å². The zero-order valence-corrected chi connectivity index (χ0v) is 15.9. The molecule has 0 saturated heterocycles. The van der Waals surface area contributed by atoms with Crippen molar-refractivity contribution in [3.8, 4) is 17.6 Å². The van der Waals surface area contributed by atoms with E-state index in [1.54, 1.807) is 12.1 Å². The number of nitrogens with one attached hydrogen (secondary N) is 1. The quantitative estimate of drug-likeness (QED) is 0.696. The molecule has 0 bridgehead atoms. The molecule has 0 unspecified atom stereocenters. The predicted octanol–water partition coefficient (Wildman–Crippen LogP) is 3.57. The molecule has 0 fully saturated rings. The number of sulfonamides is 1. The van der Waals surface area contributed by atoms with Crippen molar-refractivity contribution in [2.45, 2.75) is 4.90 Å². The Kier molecular flexibility index (Phi) is 6.66. The summed E-state index contributed by atoms with van der Waals surface area (Å²) in [6.07, 6.45) is 0. The van der Waals surface area contributed by atoms with Crippen LogP contribution in [-0.2, 0) is 10.0 Å². The van der Waals surface area contributed by atoms with E-state index >= 15 is 0 Å². The van der Waals surface area contributed by atoms with Gasteiger partial charge in [-0.2, -0.15) is 4.72 Å². The van der Waals surface area contributed by atoms with E-state index in [4.69, 9.17) is 4.74 Å². The second-order valence-electron chi connectivity index (χ2n) is 4.38. The fourth-order valence-electron chi connectivity index (χ4n) is 1.62. The Labute approximate surface area is 152 Å². The molecular weight excluding hydrogens is 446 g/mol. The van der Waals surface area contributed by atoms with Crippen molar-refractivity contribution in [1.29, 1.82) is 0 Å². The van der Waals surface area contributed by atoms with Gasteiger partial charge in [0.15, 0.2) is 0 Å². The SMILES string of the molecule is O=S(=O)(NCC#CCOc1cccc(Br)c1)c1ccc(Br)cc1. The normalized spacial score (nSPS) is 10.7. The molecule has 2 rings (SSSR count). The van der Waals surface area contributed by atoms with Gasteiger partial charge in [0.05, 0.1) is 11.4 Å². The first-order valence-electron chi connectivity index (χ1n) is 6.57. The van der Waals surface area contributed by atoms with Crippen LogP contribution in [0.15, 0.2) is 62.4 Å². The zero-order chi connectivity index (χ0) is 16.7. The second-order valence-corrected chi connectivity index (χ2v) is 7.98. The van der Waals surface area contributed by atoms with Crippen LogP contribution in [0.25, 0.3) is 0 Å². The maximum absolute atomic E-state index is 12.0. The van der Waals surface area contributed by atoms with E-state index in [0.29, 0.717) is 5.75 Å². The van der Waals surface area contributed by atoms with Gasteiger partial charge in [0.25, 0.3) is 0 Å². The minimum absolute atomic E-state index is 0.0280. The summed E-state index contributed by atoms with van der Waals surface area (Å²) in [4.78, 5) is 0.202. The van der Waals surface area contributed by atoms with E-state index in [-0.39, 0.29) is 18.0 Å². The highest BCUT2D eigenvalue weighted by atomic mass is 79.9. The average Bonchev–Trinajstić information content (AvgIpc) is 2.51.